The first kappa shape index (κ1) is 14.4. The van der Waals surface area contributed by atoms with Crippen LogP contribution in [0.5, 0.6) is 0 Å². The third-order valence-electron chi connectivity index (χ3n) is 4.49. The quantitative estimate of drug-likeness (QED) is 0.902. The van der Waals surface area contributed by atoms with Crippen LogP contribution in [-0.2, 0) is 11.2 Å². The number of hydrogen-bond donors (Lipinski definition) is 2. The van der Waals surface area contributed by atoms with Crippen molar-refractivity contribution in [3.8, 4) is 0 Å². The van der Waals surface area contributed by atoms with Gasteiger partial charge in [0.15, 0.2) is 6.04 Å². The van der Waals surface area contributed by atoms with E-state index in [4.69, 9.17) is 0 Å². The van der Waals surface area contributed by atoms with Crippen LogP contribution in [0.15, 0.2) is 11.4 Å². The third kappa shape index (κ3) is 2.64. The molecular weight excluding hydrogens is 288 g/mol. The van der Waals surface area contributed by atoms with Gasteiger partial charge in [0.25, 0.3) is 0 Å². The molecule has 1 saturated carbocycles. The number of hydrogen-bond acceptors (Lipinski definition) is 3. The highest BCUT2D eigenvalue weighted by molar-refractivity contribution is 7.10. The van der Waals surface area contributed by atoms with E-state index >= 15 is 0 Å². The van der Waals surface area contributed by atoms with E-state index in [0.717, 1.165) is 29.7 Å². The molecule has 21 heavy (non-hydrogen) atoms. The summed E-state index contributed by atoms with van der Waals surface area (Å²) in [5.74, 6) is -0.458. The number of fused-ring (bicyclic) bond motifs is 1. The second-order valence-corrected chi connectivity index (χ2v) is 7.41. The lowest BCUT2D eigenvalue weighted by Gasteiger charge is -2.36. The average molecular weight is 308 g/mol. The topological polar surface area (TPSA) is 69.6 Å². The average Bonchev–Trinajstić information content (AvgIpc) is 3.16. The lowest BCUT2D eigenvalue weighted by Crippen LogP contribution is -2.54. The number of carbonyl (C=O) groups is 2. The van der Waals surface area contributed by atoms with E-state index in [1.54, 1.807) is 11.3 Å². The number of rotatable bonds is 3. The maximum absolute atomic E-state index is 12.5. The molecule has 1 atom stereocenters. The molecule has 2 amide bonds. The molecule has 1 aromatic rings. The molecule has 0 radical (unpaired) electrons. The molecule has 5 nitrogen and oxygen atoms in total. The van der Waals surface area contributed by atoms with E-state index in [9.17, 15) is 14.7 Å². The molecule has 0 saturated heterocycles. The van der Waals surface area contributed by atoms with Gasteiger partial charge in [-0.3, -0.25) is 0 Å². The molecule has 6 heteroatoms. The van der Waals surface area contributed by atoms with Gasteiger partial charge in [0.05, 0.1) is 0 Å². The molecule has 0 spiro atoms. The third-order valence-corrected chi connectivity index (χ3v) is 5.48. The highest BCUT2D eigenvalue weighted by Gasteiger charge is 2.42. The smallest absolute Gasteiger partial charge is 0.331 e. The Labute approximate surface area is 128 Å². The number of aliphatic carboxylic acids is 1. The molecule has 1 unspecified atom stereocenters. The van der Waals surface area contributed by atoms with Crippen molar-refractivity contribution in [1.82, 2.24) is 10.2 Å². The number of amides is 2. The van der Waals surface area contributed by atoms with Gasteiger partial charge in [-0.1, -0.05) is 0 Å². The zero-order valence-electron chi connectivity index (χ0n) is 12.3. The summed E-state index contributed by atoms with van der Waals surface area (Å²) in [6, 6.07) is 0.690. The first-order chi connectivity index (χ1) is 9.90. The molecule has 2 heterocycles. The molecule has 1 aromatic heterocycles. The van der Waals surface area contributed by atoms with E-state index in [0.29, 0.717) is 12.5 Å². The summed E-state index contributed by atoms with van der Waals surface area (Å²) >= 11 is 1.57. The van der Waals surface area contributed by atoms with Gasteiger partial charge in [-0.05, 0) is 56.0 Å². The van der Waals surface area contributed by atoms with E-state index in [1.165, 1.54) is 4.90 Å². The fourth-order valence-electron chi connectivity index (χ4n) is 3.06. The first-order valence-electron chi connectivity index (χ1n) is 7.28. The van der Waals surface area contributed by atoms with Gasteiger partial charge in [0, 0.05) is 17.0 Å². The summed E-state index contributed by atoms with van der Waals surface area (Å²) in [5.41, 5.74) is 0.493. The Morgan fingerprint density at radius 3 is 2.76 bits per heavy atom. The van der Waals surface area contributed by atoms with E-state index < -0.39 is 12.0 Å². The van der Waals surface area contributed by atoms with Gasteiger partial charge < -0.3 is 15.3 Å². The van der Waals surface area contributed by atoms with Gasteiger partial charge in [-0.15, -0.1) is 11.3 Å². The zero-order chi connectivity index (χ0) is 15.2. The second kappa shape index (κ2) is 5.02. The summed E-state index contributed by atoms with van der Waals surface area (Å²) in [6.45, 7) is 4.48. The summed E-state index contributed by atoms with van der Waals surface area (Å²) in [5, 5.41) is 14.4. The molecule has 1 fully saturated rings. The molecule has 114 valence electrons. The minimum Gasteiger partial charge on any atom is -0.479 e. The normalized spacial score (nSPS) is 21.8. The minimum absolute atomic E-state index is 0.267. The van der Waals surface area contributed by atoms with Crippen molar-refractivity contribution < 1.29 is 14.7 Å². The number of thiophene rings is 1. The Morgan fingerprint density at radius 2 is 2.14 bits per heavy atom. The van der Waals surface area contributed by atoms with Crippen LogP contribution in [0.4, 0.5) is 4.79 Å². The van der Waals surface area contributed by atoms with Crippen LogP contribution in [0.3, 0.4) is 0 Å². The molecule has 2 N–H and O–H groups in total. The Morgan fingerprint density at radius 1 is 1.43 bits per heavy atom. The summed E-state index contributed by atoms with van der Waals surface area (Å²) < 4.78 is 0. The minimum atomic E-state index is -0.964. The van der Waals surface area contributed by atoms with Crippen LogP contribution in [-0.4, -0.2) is 34.1 Å². The standard InChI is InChI=1S/C15H20N2O3S/c1-15(2,9-3-4-9)16-14(20)17-7-5-11-10(6-8-21-11)12(17)13(18)19/h6,8-9,12H,3-5,7H2,1-2H3,(H,16,20)(H,18,19). The number of urea groups is 1. The number of carboxylic acids is 1. The Kier molecular flexibility index (Phi) is 3.43. The van der Waals surface area contributed by atoms with Crippen molar-refractivity contribution in [3.63, 3.8) is 0 Å². The van der Waals surface area contributed by atoms with Crippen molar-refractivity contribution in [3.05, 3.63) is 21.9 Å². The fraction of sp³-hybridized carbons (Fsp3) is 0.600. The molecule has 0 aromatic carbocycles. The first-order valence-corrected chi connectivity index (χ1v) is 8.16. The van der Waals surface area contributed by atoms with Crippen molar-refractivity contribution in [1.29, 1.82) is 0 Å². The van der Waals surface area contributed by atoms with Crippen molar-refractivity contribution >= 4 is 23.3 Å². The van der Waals surface area contributed by atoms with E-state index in [2.05, 4.69) is 5.32 Å². The molecular formula is C15H20N2O3S. The largest absolute Gasteiger partial charge is 0.479 e. The van der Waals surface area contributed by atoms with Gasteiger partial charge in [-0.2, -0.15) is 0 Å². The summed E-state index contributed by atoms with van der Waals surface area (Å²) in [7, 11) is 0. The van der Waals surface area contributed by atoms with Crippen LogP contribution in [0.25, 0.3) is 0 Å². The van der Waals surface area contributed by atoms with Crippen LogP contribution in [0.1, 0.15) is 43.2 Å². The molecule has 0 bridgehead atoms. The number of carboxylic acid groups (broad SMARTS) is 1. The molecule has 1 aliphatic heterocycles. The fourth-order valence-corrected chi connectivity index (χ4v) is 3.96. The predicted molar refractivity (Wildman–Crippen MR) is 80.4 cm³/mol. The number of carbonyl (C=O) groups excluding carboxylic acids is 1. The lowest BCUT2D eigenvalue weighted by atomic mass is 9.98. The summed E-state index contributed by atoms with van der Waals surface area (Å²) in [6.07, 6.45) is 2.99. The highest BCUT2D eigenvalue weighted by Crippen LogP contribution is 2.40. The Balaban J connectivity index is 1.81. The van der Waals surface area contributed by atoms with E-state index in [-0.39, 0.29) is 11.6 Å². The molecule has 2 aliphatic rings. The predicted octanol–water partition coefficient (Wildman–Crippen LogP) is 2.63. The number of nitrogens with one attached hydrogen (secondary N) is 1. The molecule has 3 rings (SSSR count). The molecule has 1 aliphatic carbocycles. The van der Waals surface area contributed by atoms with Crippen molar-refractivity contribution in [2.75, 3.05) is 6.54 Å². The van der Waals surface area contributed by atoms with Gasteiger partial charge >= 0.3 is 12.0 Å². The second-order valence-electron chi connectivity index (χ2n) is 6.41. The van der Waals surface area contributed by atoms with Gasteiger partial charge in [0.1, 0.15) is 0 Å². The van der Waals surface area contributed by atoms with Crippen LogP contribution < -0.4 is 5.32 Å². The van der Waals surface area contributed by atoms with Gasteiger partial charge in [0.2, 0.25) is 0 Å². The SMILES string of the molecule is CC(C)(NC(=O)N1CCc2sccc2C1C(=O)O)C1CC1. The highest BCUT2D eigenvalue weighted by atomic mass is 32.1. The zero-order valence-corrected chi connectivity index (χ0v) is 13.1. The maximum Gasteiger partial charge on any atom is 0.331 e. The van der Waals surface area contributed by atoms with Crippen LogP contribution in [0, 0.1) is 5.92 Å². The Hall–Kier alpha value is -1.56. The Bertz CT molecular complexity index is 577. The van der Waals surface area contributed by atoms with Crippen LogP contribution >= 0.6 is 11.3 Å². The lowest BCUT2D eigenvalue weighted by molar-refractivity contribution is -0.142. The van der Waals surface area contributed by atoms with Crippen LogP contribution in [0.2, 0.25) is 0 Å². The summed E-state index contributed by atoms with van der Waals surface area (Å²) in [4.78, 5) is 26.7. The maximum atomic E-state index is 12.5. The van der Waals surface area contributed by atoms with E-state index in [1.807, 2.05) is 25.3 Å². The van der Waals surface area contributed by atoms with Crippen molar-refractivity contribution in [2.45, 2.75) is 44.7 Å². The van der Waals surface area contributed by atoms with Gasteiger partial charge in [-0.25, -0.2) is 9.59 Å². The number of nitrogens with zero attached hydrogens (tertiary/aromatic N) is 1. The monoisotopic (exact) mass is 308 g/mol. The van der Waals surface area contributed by atoms with Crippen molar-refractivity contribution in [2.24, 2.45) is 5.92 Å².